The predicted octanol–water partition coefficient (Wildman–Crippen LogP) is 0.710. The van der Waals surface area contributed by atoms with Crippen LogP contribution in [0.3, 0.4) is 0 Å². The van der Waals surface area contributed by atoms with Gasteiger partial charge in [-0.25, -0.2) is 0 Å². The van der Waals surface area contributed by atoms with Crippen LogP contribution in [0.4, 0.5) is 0 Å². The molecule has 0 saturated carbocycles. The first-order valence-electron chi connectivity index (χ1n) is 6.55. The van der Waals surface area contributed by atoms with Gasteiger partial charge in [0.25, 0.3) is 0 Å². The smallest absolute Gasteiger partial charge is 0.124 e. The number of methoxy groups -OCH3 is 1. The fraction of sp³-hybridized carbons (Fsp3) is 0.467. The van der Waals surface area contributed by atoms with Crippen molar-refractivity contribution in [1.82, 2.24) is 0 Å². The number of aliphatic hydroxyl groups excluding tert-OH is 3. The molecule has 1 saturated heterocycles. The van der Waals surface area contributed by atoms with Crippen molar-refractivity contribution in [3.63, 3.8) is 0 Å². The number of aliphatic hydroxyl groups is 3. The van der Waals surface area contributed by atoms with Gasteiger partial charge in [-0.05, 0) is 18.6 Å². The van der Waals surface area contributed by atoms with E-state index in [1.54, 1.807) is 32.3 Å². The summed E-state index contributed by atoms with van der Waals surface area (Å²) < 4.78 is 10.6. The normalized spacial score (nSPS) is 30.1. The third kappa shape index (κ3) is 2.86. The molecule has 0 aromatic heterocycles. The molecule has 110 valence electrons. The van der Waals surface area contributed by atoms with Crippen LogP contribution in [0.25, 0.3) is 6.08 Å². The summed E-state index contributed by atoms with van der Waals surface area (Å²) in [5.41, 5.74) is 1.46. The lowest BCUT2D eigenvalue weighted by atomic mass is 10.0. The molecule has 1 fully saturated rings. The van der Waals surface area contributed by atoms with Crippen LogP contribution in [-0.2, 0) is 11.3 Å². The SMILES string of the molecule is COc1cccc(C=C[C@@H]2O[C@H](C)[C@@H](O)[C@H]2O)c1CO. The van der Waals surface area contributed by atoms with E-state index in [0.29, 0.717) is 11.3 Å². The van der Waals surface area contributed by atoms with Crippen molar-refractivity contribution < 1.29 is 24.8 Å². The maximum Gasteiger partial charge on any atom is 0.124 e. The fourth-order valence-electron chi connectivity index (χ4n) is 2.34. The first kappa shape index (κ1) is 15.0. The average Bonchev–Trinajstić information content (AvgIpc) is 2.71. The predicted molar refractivity (Wildman–Crippen MR) is 74.3 cm³/mol. The van der Waals surface area contributed by atoms with Gasteiger partial charge >= 0.3 is 0 Å². The Kier molecular flexibility index (Phi) is 4.77. The second-order valence-corrected chi connectivity index (χ2v) is 4.83. The second-order valence-electron chi connectivity index (χ2n) is 4.83. The topological polar surface area (TPSA) is 79.2 Å². The van der Waals surface area contributed by atoms with Crippen LogP contribution in [0, 0.1) is 0 Å². The molecule has 0 amide bonds. The highest BCUT2D eigenvalue weighted by Gasteiger charge is 2.38. The van der Waals surface area contributed by atoms with Crippen molar-refractivity contribution in [2.24, 2.45) is 0 Å². The van der Waals surface area contributed by atoms with Crippen molar-refractivity contribution in [1.29, 1.82) is 0 Å². The van der Waals surface area contributed by atoms with E-state index in [2.05, 4.69) is 0 Å². The summed E-state index contributed by atoms with van der Waals surface area (Å²) >= 11 is 0. The van der Waals surface area contributed by atoms with E-state index in [9.17, 15) is 15.3 Å². The molecule has 4 atom stereocenters. The third-order valence-electron chi connectivity index (χ3n) is 3.55. The van der Waals surface area contributed by atoms with Crippen LogP contribution in [-0.4, -0.2) is 46.8 Å². The third-order valence-corrected chi connectivity index (χ3v) is 3.55. The van der Waals surface area contributed by atoms with Crippen molar-refractivity contribution >= 4 is 6.08 Å². The molecule has 0 bridgehead atoms. The van der Waals surface area contributed by atoms with Crippen LogP contribution in [0.5, 0.6) is 5.75 Å². The standard InChI is InChI=1S/C15H20O5/c1-9-14(17)15(18)13(20-9)7-6-10-4-3-5-12(19-2)11(10)8-16/h3-7,9,13-18H,8H2,1-2H3/t9-,13+,14-,15+/m1/s1. The molecule has 1 aromatic rings. The Morgan fingerprint density at radius 3 is 2.60 bits per heavy atom. The number of ether oxygens (including phenoxy) is 2. The molecule has 1 aliphatic heterocycles. The molecule has 0 aliphatic carbocycles. The van der Waals surface area contributed by atoms with Crippen LogP contribution >= 0.6 is 0 Å². The summed E-state index contributed by atoms with van der Waals surface area (Å²) in [7, 11) is 1.55. The van der Waals surface area contributed by atoms with Crippen LogP contribution in [0.15, 0.2) is 24.3 Å². The minimum atomic E-state index is -0.940. The van der Waals surface area contributed by atoms with E-state index in [-0.39, 0.29) is 6.61 Å². The van der Waals surface area contributed by atoms with Gasteiger partial charge in [0.05, 0.1) is 19.8 Å². The van der Waals surface area contributed by atoms with E-state index in [4.69, 9.17) is 9.47 Å². The van der Waals surface area contributed by atoms with Gasteiger partial charge in [-0.2, -0.15) is 0 Å². The van der Waals surface area contributed by atoms with E-state index in [1.807, 2.05) is 12.1 Å². The quantitative estimate of drug-likeness (QED) is 0.757. The maximum absolute atomic E-state index is 9.83. The molecule has 3 N–H and O–H groups in total. The van der Waals surface area contributed by atoms with E-state index >= 15 is 0 Å². The van der Waals surface area contributed by atoms with E-state index in [0.717, 1.165) is 5.56 Å². The Hall–Kier alpha value is -1.40. The summed E-state index contributed by atoms with van der Waals surface area (Å²) in [5, 5.41) is 28.9. The highest BCUT2D eigenvalue weighted by molar-refractivity contribution is 5.58. The van der Waals surface area contributed by atoms with Crippen LogP contribution in [0.2, 0.25) is 0 Å². The molecule has 1 aliphatic rings. The molecular weight excluding hydrogens is 260 g/mol. The fourth-order valence-corrected chi connectivity index (χ4v) is 2.34. The van der Waals surface area contributed by atoms with E-state index < -0.39 is 24.4 Å². The highest BCUT2D eigenvalue weighted by Crippen LogP contribution is 2.26. The first-order valence-corrected chi connectivity index (χ1v) is 6.55. The van der Waals surface area contributed by atoms with Crippen LogP contribution < -0.4 is 4.74 Å². The van der Waals surface area contributed by atoms with E-state index in [1.165, 1.54) is 0 Å². The van der Waals surface area contributed by atoms with Crippen molar-refractivity contribution in [3.8, 4) is 5.75 Å². The average molecular weight is 280 g/mol. The molecule has 0 unspecified atom stereocenters. The lowest BCUT2D eigenvalue weighted by Crippen LogP contribution is -2.30. The maximum atomic E-state index is 9.83. The molecular formula is C15H20O5. The minimum Gasteiger partial charge on any atom is -0.496 e. The zero-order valence-corrected chi connectivity index (χ0v) is 11.6. The summed E-state index contributed by atoms with van der Waals surface area (Å²) in [6.07, 6.45) is 0.662. The lowest BCUT2D eigenvalue weighted by Gasteiger charge is -2.12. The van der Waals surface area contributed by atoms with Crippen molar-refractivity contribution in [3.05, 3.63) is 35.4 Å². The van der Waals surface area contributed by atoms with Gasteiger partial charge in [-0.1, -0.05) is 24.3 Å². The Morgan fingerprint density at radius 1 is 1.30 bits per heavy atom. The number of benzene rings is 1. The summed E-state index contributed by atoms with van der Waals surface area (Å²) in [4.78, 5) is 0. The molecule has 0 radical (unpaired) electrons. The highest BCUT2D eigenvalue weighted by atomic mass is 16.5. The Bertz CT molecular complexity index is 485. The Labute approximate surface area is 118 Å². The second kappa shape index (κ2) is 6.37. The zero-order valence-electron chi connectivity index (χ0n) is 11.6. The molecule has 5 nitrogen and oxygen atoms in total. The number of hydrogen-bond acceptors (Lipinski definition) is 5. The van der Waals surface area contributed by atoms with Gasteiger partial charge in [-0.15, -0.1) is 0 Å². The number of hydrogen-bond donors (Lipinski definition) is 3. The van der Waals surface area contributed by atoms with Crippen LogP contribution in [0.1, 0.15) is 18.1 Å². The molecule has 20 heavy (non-hydrogen) atoms. The van der Waals surface area contributed by atoms with Crippen molar-refractivity contribution in [2.75, 3.05) is 7.11 Å². The van der Waals surface area contributed by atoms with Gasteiger partial charge in [-0.3, -0.25) is 0 Å². The Morgan fingerprint density at radius 2 is 2.05 bits per heavy atom. The van der Waals surface area contributed by atoms with Crippen molar-refractivity contribution in [2.45, 2.75) is 37.9 Å². The van der Waals surface area contributed by atoms with Gasteiger partial charge < -0.3 is 24.8 Å². The minimum absolute atomic E-state index is 0.142. The number of rotatable bonds is 4. The van der Waals surface area contributed by atoms with Gasteiger partial charge in [0.2, 0.25) is 0 Å². The molecule has 1 aromatic carbocycles. The largest absolute Gasteiger partial charge is 0.496 e. The Balaban J connectivity index is 2.20. The first-order chi connectivity index (χ1) is 9.58. The molecule has 5 heteroatoms. The summed E-state index contributed by atoms with van der Waals surface area (Å²) in [6.45, 7) is 1.57. The monoisotopic (exact) mass is 280 g/mol. The molecule has 1 heterocycles. The summed E-state index contributed by atoms with van der Waals surface area (Å²) in [6, 6.07) is 5.43. The van der Waals surface area contributed by atoms with Gasteiger partial charge in [0, 0.05) is 5.56 Å². The van der Waals surface area contributed by atoms with Gasteiger partial charge in [0.15, 0.2) is 0 Å². The molecule has 2 rings (SSSR count). The molecule has 0 spiro atoms. The summed E-state index contributed by atoms with van der Waals surface area (Å²) in [5.74, 6) is 0.607. The lowest BCUT2D eigenvalue weighted by molar-refractivity contribution is 0.0316. The zero-order chi connectivity index (χ0) is 14.7. The van der Waals surface area contributed by atoms with Gasteiger partial charge in [0.1, 0.15) is 24.1 Å².